The molecule has 4 heteroatoms. The van der Waals surface area contributed by atoms with Gasteiger partial charge in [-0.15, -0.1) is 0 Å². The van der Waals surface area contributed by atoms with E-state index in [1.807, 2.05) is 19.9 Å². The van der Waals surface area contributed by atoms with E-state index in [2.05, 4.69) is 15.9 Å². The first-order chi connectivity index (χ1) is 7.02. The fourth-order valence-corrected chi connectivity index (χ4v) is 2.24. The summed E-state index contributed by atoms with van der Waals surface area (Å²) in [5.74, 6) is 0.791. The molecule has 0 saturated heterocycles. The van der Waals surface area contributed by atoms with Crippen molar-refractivity contribution in [1.82, 2.24) is 0 Å². The van der Waals surface area contributed by atoms with Crippen LogP contribution in [0.5, 0.6) is 5.75 Å². The summed E-state index contributed by atoms with van der Waals surface area (Å²) in [5.41, 5.74) is 8.88. The number of halogens is 1. The van der Waals surface area contributed by atoms with Crippen molar-refractivity contribution in [3.63, 3.8) is 0 Å². The maximum absolute atomic E-state index is 9.08. The topological polar surface area (TPSA) is 55.5 Å². The first kappa shape index (κ1) is 12.5. The Morgan fingerprint density at radius 1 is 1.53 bits per heavy atom. The molecule has 0 aliphatic rings. The zero-order valence-corrected chi connectivity index (χ0v) is 10.8. The summed E-state index contributed by atoms with van der Waals surface area (Å²) in [7, 11) is 1.63. The van der Waals surface area contributed by atoms with E-state index in [1.54, 1.807) is 7.11 Å². The molecule has 15 heavy (non-hydrogen) atoms. The van der Waals surface area contributed by atoms with Gasteiger partial charge in [-0.25, -0.2) is 0 Å². The van der Waals surface area contributed by atoms with Gasteiger partial charge in [0.2, 0.25) is 0 Å². The SMILES string of the molecule is COc1cc(C)c(C(N)CO)c(C)c1Br. The van der Waals surface area contributed by atoms with Gasteiger partial charge in [0.15, 0.2) is 0 Å². The fourth-order valence-electron chi connectivity index (χ4n) is 1.75. The highest BCUT2D eigenvalue weighted by molar-refractivity contribution is 9.10. The Labute approximate surface area is 98.4 Å². The van der Waals surface area contributed by atoms with E-state index in [1.165, 1.54) is 0 Å². The zero-order chi connectivity index (χ0) is 11.6. The van der Waals surface area contributed by atoms with Crippen LogP contribution in [0.1, 0.15) is 22.7 Å². The van der Waals surface area contributed by atoms with Crippen LogP contribution in [-0.4, -0.2) is 18.8 Å². The molecule has 0 amide bonds. The van der Waals surface area contributed by atoms with E-state index in [0.29, 0.717) is 0 Å². The van der Waals surface area contributed by atoms with Crippen molar-refractivity contribution in [2.24, 2.45) is 5.73 Å². The smallest absolute Gasteiger partial charge is 0.133 e. The number of aryl methyl sites for hydroxylation is 1. The molecule has 0 aliphatic carbocycles. The van der Waals surface area contributed by atoms with Gasteiger partial charge in [0.1, 0.15) is 5.75 Å². The highest BCUT2D eigenvalue weighted by atomic mass is 79.9. The molecule has 3 N–H and O–H groups in total. The largest absolute Gasteiger partial charge is 0.496 e. The number of methoxy groups -OCH3 is 1. The molecule has 0 bridgehead atoms. The molecule has 0 heterocycles. The van der Waals surface area contributed by atoms with Crippen molar-refractivity contribution >= 4 is 15.9 Å². The summed E-state index contributed by atoms with van der Waals surface area (Å²) in [6.07, 6.45) is 0. The molecule has 0 aliphatic heterocycles. The lowest BCUT2D eigenvalue weighted by Crippen LogP contribution is -2.17. The number of hydrogen-bond donors (Lipinski definition) is 2. The predicted octanol–water partition coefficient (Wildman–Crippen LogP) is 2.07. The van der Waals surface area contributed by atoms with E-state index < -0.39 is 0 Å². The monoisotopic (exact) mass is 273 g/mol. The molecule has 0 saturated carbocycles. The van der Waals surface area contributed by atoms with Crippen molar-refractivity contribution in [2.45, 2.75) is 19.9 Å². The van der Waals surface area contributed by atoms with E-state index in [4.69, 9.17) is 15.6 Å². The third-order valence-electron chi connectivity index (χ3n) is 2.51. The van der Waals surface area contributed by atoms with E-state index in [9.17, 15) is 0 Å². The lowest BCUT2D eigenvalue weighted by molar-refractivity contribution is 0.267. The summed E-state index contributed by atoms with van der Waals surface area (Å²) >= 11 is 3.46. The Kier molecular flexibility index (Phi) is 4.13. The van der Waals surface area contributed by atoms with Gasteiger partial charge in [0.25, 0.3) is 0 Å². The highest BCUT2D eigenvalue weighted by Gasteiger charge is 2.16. The van der Waals surface area contributed by atoms with Crippen LogP contribution < -0.4 is 10.5 Å². The molecule has 0 aromatic heterocycles. The number of nitrogens with two attached hydrogens (primary N) is 1. The van der Waals surface area contributed by atoms with E-state index >= 15 is 0 Å². The van der Waals surface area contributed by atoms with Gasteiger partial charge in [0, 0.05) is 0 Å². The Hall–Kier alpha value is -0.580. The highest BCUT2D eigenvalue weighted by Crippen LogP contribution is 2.34. The van der Waals surface area contributed by atoms with Crippen LogP contribution in [0.15, 0.2) is 10.5 Å². The summed E-state index contributed by atoms with van der Waals surface area (Å²) in [4.78, 5) is 0. The number of benzene rings is 1. The lowest BCUT2D eigenvalue weighted by atomic mass is 9.96. The van der Waals surface area contributed by atoms with E-state index in [0.717, 1.165) is 26.9 Å². The van der Waals surface area contributed by atoms with Gasteiger partial charge in [-0.05, 0) is 52.5 Å². The molecule has 0 radical (unpaired) electrons. The third-order valence-corrected chi connectivity index (χ3v) is 3.49. The lowest BCUT2D eigenvalue weighted by Gasteiger charge is -2.18. The van der Waals surface area contributed by atoms with Crippen molar-refractivity contribution in [2.75, 3.05) is 13.7 Å². The van der Waals surface area contributed by atoms with Crippen LogP contribution in [0, 0.1) is 13.8 Å². The van der Waals surface area contributed by atoms with Gasteiger partial charge >= 0.3 is 0 Å². The fraction of sp³-hybridized carbons (Fsp3) is 0.455. The van der Waals surface area contributed by atoms with Crippen molar-refractivity contribution in [3.8, 4) is 5.75 Å². The van der Waals surface area contributed by atoms with Crippen molar-refractivity contribution < 1.29 is 9.84 Å². The van der Waals surface area contributed by atoms with Gasteiger partial charge in [-0.2, -0.15) is 0 Å². The summed E-state index contributed by atoms with van der Waals surface area (Å²) in [6.45, 7) is 3.87. The molecule has 3 nitrogen and oxygen atoms in total. The first-order valence-corrected chi connectivity index (χ1v) is 5.52. The number of aliphatic hydroxyl groups excluding tert-OH is 1. The second-order valence-corrected chi connectivity index (χ2v) is 4.33. The first-order valence-electron chi connectivity index (χ1n) is 4.73. The molecule has 1 aromatic rings. The van der Waals surface area contributed by atoms with Crippen molar-refractivity contribution in [3.05, 3.63) is 27.2 Å². The number of aliphatic hydroxyl groups is 1. The Morgan fingerprint density at radius 2 is 2.13 bits per heavy atom. The Balaban J connectivity index is 3.35. The normalized spacial score (nSPS) is 12.7. The molecule has 1 atom stereocenters. The third kappa shape index (κ3) is 2.33. The number of hydrogen-bond acceptors (Lipinski definition) is 3. The van der Waals surface area contributed by atoms with Gasteiger partial charge < -0.3 is 15.6 Å². The zero-order valence-electron chi connectivity index (χ0n) is 9.17. The maximum atomic E-state index is 9.08. The van der Waals surface area contributed by atoms with Crippen LogP contribution >= 0.6 is 15.9 Å². The molecule has 1 aromatic carbocycles. The van der Waals surface area contributed by atoms with Crippen LogP contribution in [0.3, 0.4) is 0 Å². The summed E-state index contributed by atoms with van der Waals surface area (Å²) < 4.78 is 6.12. The Morgan fingerprint density at radius 3 is 2.60 bits per heavy atom. The second-order valence-electron chi connectivity index (χ2n) is 3.54. The molecule has 0 fully saturated rings. The molecular weight excluding hydrogens is 258 g/mol. The minimum atomic E-state index is -0.341. The average Bonchev–Trinajstić information content (AvgIpc) is 2.23. The van der Waals surface area contributed by atoms with Crippen LogP contribution in [-0.2, 0) is 0 Å². The summed E-state index contributed by atoms with van der Waals surface area (Å²) in [5, 5.41) is 9.08. The predicted molar refractivity (Wildman–Crippen MR) is 64.2 cm³/mol. The molecule has 0 spiro atoms. The standard InChI is InChI=1S/C11H16BrNO2/c1-6-4-9(15-3)11(12)7(2)10(6)8(13)5-14/h4,8,14H,5,13H2,1-3H3. The molecule has 1 rings (SSSR count). The maximum Gasteiger partial charge on any atom is 0.133 e. The average molecular weight is 274 g/mol. The Bertz CT molecular complexity index is 366. The van der Waals surface area contributed by atoms with Gasteiger partial charge in [-0.3, -0.25) is 0 Å². The van der Waals surface area contributed by atoms with Crippen LogP contribution in [0.4, 0.5) is 0 Å². The quantitative estimate of drug-likeness (QED) is 0.887. The molecule has 84 valence electrons. The van der Waals surface area contributed by atoms with Crippen molar-refractivity contribution in [1.29, 1.82) is 0 Å². The second kappa shape index (κ2) is 4.96. The number of rotatable bonds is 3. The minimum absolute atomic E-state index is 0.0551. The molecular formula is C11H16BrNO2. The summed E-state index contributed by atoms with van der Waals surface area (Å²) in [6, 6.07) is 1.58. The van der Waals surface area contributed by atoms with Crippen LogP contribution in [0.25, 0.3) is 0 Å². The van der Waals surface area contributed by atoms with Gasteiger partial charge in [-0.1, -0.05) is 0 Å². The minimum Gasteiger partial charge on any atom is -0.496 e. The molecule has 1 unspecified atom stereocenters. The van der Waals surface area contributed by atoms with Gasteiger partial charge in [0.05, 0.1) is 24.2 Å². The number of ether oxygens (including phenoxy) is 1. The van der Waals surface area contributed by atoms with E-state index in [-0.39, 0.29) is 12.6 Å². The van der Waals surface area contributed by atoms with Crippen LogP contribution in [0.2, 0.25) is 0 Å².